The van der Waals surface area contributed by atoms with Crippen LogP contribution in [0.15, 0.2) is 41.2 Å². The first kappa shape index (κ1) is 21.7. The number of nitrogens with zero attached hydrogens (tertiary/aromatic N) is 2. The summed E-state index contributed by atoms with van der Waals surface area (Å²) in [5, 5.41) is 0. The van der Waals surface area contributed by atoms with Crippen LogP contribution in [0.5, 0.6) is 11.5 Å². The topological polar surface area (TPSA) is 79.5 Å². The zero-order valence-corrected chi connectivity index (χ0v) is 19.7. The Labute approximate surface area is 183 Å². The van der Waals surface area contributed by atoms with Crippen LogP contribution in [-0.4, -0.2) is 43.3 Å². The SMILES string of the molecule is CCOc1cc(C(CS(C)(=O)=O)n2c(=O)n(C)c3c(I)cccc32)ccc1OC. The molecule has 0 saturated heterocycles. The number of hydrogen-bond donors (Lipinski definition) is 0. The first-order chi connectivity index (χ1) is 13.7. The fraction of sp³-hybridized carbons (Fsp3) is 0.350. The summed E-state index contributed by atoms with van der Waals surface area (Å²) in [6.07, 6.45) is 1.17. The van der Waals surface area contributed by atoms with Gasteiger partial charge in [-0.3, -0.25) is 9.13 Å². The van der Waals surface area contributed by atoms with E-state index in [1.165, 1.54) is 6.26 Å². The normalized spacial score (nSPS) is 12.9. The summed E-state index contributed by atoms with van der Waals surface area (Å²) in [7, 11) is -0.150. The van der Waals surface area contributed by atoms with Gasteiger partial charge in [-0.25, -0.2) is 13.2 Å². The Hall–Kier alpha value is -2.01. The molecule has 0 amide bonds. The van der Waals surface area contributed by atoms with Crippen LogP contribution in [0.2, 0.25) is 0 Å². The molecule has 0 radical (unpaired) electrons. The van der Waals surface area contributed by atoms with Crippen molar-refractivity contribution in [2.24, 2.45) is 7.05 Å². The van der Waals surface area contributed by atoms with Crippen LogP contribution in [0.3, 0.4) is 0 Å². The van der Waals surface area contributed by atoms with Crippen molar-refractivity contribution in [3.05, 3.63) is 56.0 Å². The van der Waals surface area contributed by atoms with Crippen LogP contribution in [0.25, 0.3) is 11.0 Å². The highest BCUT2D eigenvalue weighted by Gasteiger charge is 2.26. The van der Waals surface area contributed by atoms with Gasteiger partial charge in [0, 0.05) is 16.9 Å². The summed E-state index contributed by atoms with van der Waals surface area (Å²) in [6.45, 7) is 2.29. The van der Waals surface area contributed by atoms with Crippen LogP contribution in [0.4, 0.5) is 0 Å². The minimum atomic E-state index is -3.39. The molecule has 0 aliphatic rings. The summed E-state index contributed by atoms with van der Waals surface area (Å²) in [4.78, 5) is 13.1. The Balaban J connectivity index is 2.30. The number of fused-ring (bicyclic) bond motifs is 1. The Morgan fingerprint density at radius 3 is 2.52 bits per heavy atom. The number of imidazole rings is 1. The number of aromatic nitrogens is 2. The largest absolute Gasteiger partial charge is 0.493 e. The molecule has 2 aromatic carbocycles. The van der Waals surface area contributed by atoms with E-state index in [0.29, 0.717) is 29.2 Å². The highest BCUT2D eigenvalue weighted by Crippen LogP contribution is 2.33. The van der Waals surface area contributed by atoms with Gasteiger partial charge in [0.25, 0.3) is 0 Å². The quantitative estimate of drug-likeness (QED) is 0.439. The summed E-state index contributed by atoms with van der Waals surface area (Å²) >= 11 is 2.18. The fourth-order valence-corrected chi connectivity index (χ4v) is 5.23. The third-order valence-electron chi connectivity index (χ3n) is 4.70. The highest BCUT2D eigenvalue weighted by molar-refractivity contribution is 14.1. The van der Waals surface area contributed by atoms with Crippen molar-refractivity contribution in [3.8, 4) is 11.5 Å². The Kier molecular flexibility index (Phi) is 6.27. The summed E-state index contributed by atoms with van der Waals surface area (Å²) in [5.41, 5.74) is 1.85. The zero-order chi connectivity index (χ0) is 21.3. The van der Waals surface area contributed by atoms with Crippen molar-refractivity contribution >= 4 is 43.5 Å². The van der Waals surface area contributed by atoms with E-state index in [-0.39, 0.29) is 11.4 Å². The number of sulfone groups is 1. The average Bonchev–Trinajstić information content (AvgIpc) is 2.91. The van der Waals surface area contributed by atoms with Gasteiger partial charge in [0.1, 0.15) is 9.84 Å². The second-order valence-corrected chi connectivity index (χ2v) is 10.1. The molecule has 1 unspecified atom stereocenters. The number of methoxy groups -OCH3 is 1. The first-order valence-electron chi connectivity index (χ1n) is 9.01. The molecule has 0 saturated carbocycles. The Morgan fingerprint density at radius 1 is 1.17 bits per heavy atom. The van der Waals surface area contributed by atoms with Gasteiger partial charge >= 0.3 is 5.69 Å². The third kappa shape index (κ3) is 4.30. The molecule has 29 heavy (non-hydrogen) atoms. The minimum Gasteiger partial charge on any atom is -0.493 e. The number of aryl methyl sites for hydroxylation is 1. The van der Waals surface area contributed by atoms with E-state index in [4.69, 9.17) is 9.47 Å². The number of ether oxygens (including phenoxy) is 2. The van der Waals surface area contributed by atoms with Gasteiger partial charge in [0.05, 0.1) is 36.5 Å². The molecule has 3 aromatic rings. The van der Waals surface area contributed by atoms with Crippen LogP contribution in [0.1, 0.15) is 18.5 Å². The van der Waals surface area contributed by atoms with Crippen molar-refractivity contribution in [2.75, 3.05) is 25.7 Å². The molecular formula is C20H23IN2O5S. The van der Waals surface area contributed by atoms with Crippen molar-refractivity contribution in [2.45, 2.75) is 13.0 Å². The fourth-order valence-electron chi connectivity index (χ4n) is 3.47. The highest BCUT2D eigenvalue weighted by atomic mass is 127. The number of hydrogen-bond acceptors (Lipinski definition) is 5. The van der Waals surface area contributed by atoms with Gasteiger partial charge in [-0.05, 0) is 59.3 Å². The number of para-hydroxylation sites is 1. The molecule has 0 N–H and O–H groups in total. The zero-order valence-electron chi connectivity index (χ0n) is 16.7. The maximum atomic E-state index is 13.1. The van der Waals surface area contributed by atoms with E-state index in [9.17, 15) is 13.2 Å². The smallest absolute Gasteiger partial charge is 0.329 e. The second-order valence-electron chi connectivity index (χ2n) is 6.77. The number of halogens is 1. The number of benzene rings is 2. The first-order valence-corrected chi connectivity index (χ1v) is 12.2. The van der Waals surface area contributed by atoms with E-state index in [0.717, 1.165) is 9.09 Å². The third-order valence-corrected chi connectivity index (χ3v) is 6.49. The molecule has 0 aliphatic heterocycles. The van der Waals surface area contributed by atoms with Crippen LogP contribution < -0.4 is 15.2 Å². The molecule has 0 aliphatic carbocycles. The lowest BCUT2D eigenvalue weighted by molar-refractivity contribution is 0.310. The lowest BCUT2D eigenvalue weighted by Crippen LogP contribution is -2.30. The Morgan fingerprint density at radius 2 is 1.90 bits per heavy atom. The number of rotatable bonds is 7. The standard InChI is InChI=1S/C20H23IN2O5S/c1-5-28-18-11-13(9-10-17(18)27-3)16(12-29(4,25)26)23-15-8-6-7-14(21)19(15)22(2)20(23)24/h6-11,16H,5,12H2,1-4H3. The van der Waals surface area contributed by atoms with E-state index in [2.05, 4.69) is 22.6 Å². The molecule has 7 nitrogen and oxygen atoms in total. The molecule has 0 fully saturated rings. The molecule has 1 aromatic heterocycles. The molecular weight excluding hydrogens is 507 g/mol. The molecule has 156 valence electrons. The maximum absolute atomic E-state index is 13.1. The van der Waals surface area contributed by atoms with E-state index < -0.39 is 15.9 Å². The van der Waals surface area contributed by atoms with E-state index >= 15 is 0 Å². The molecule has 0 spiro atoms. The molecule has 1 heterocycles. The summed E-state index contributed by atoms with van der Waals surface area (Å²) < 4.78 is 39.5. The Bertz CT molecular complexity index is 1210. The molecule has 1 atom stereocenters. The van der Waals surface area contributed by atoms with Crippen LogP contribution in [0, 0.1) is 3.57 Å². The van der Waals surface area contributed by atoms with Crippen molar-refractivity contribution in [1.82, 2.24) is 9.13 Å². The molecule has 0 bridgehead atoms. The monoisotopic (exact) mass is 530 g/mol. The predicted octanol–water partition coefficient (Wildman–Crippen LogP) is 2.99. The van der Waals surface area contributed by atoms with Gasteiger partial charge in [-0.1, -0.05) is 12.1 Å². The van der Waals surface area contributed by atoms with Crippen molar-refractivity contribution in [1.29, 1.82) is 0 Å². The van der Waals surface area contributed by atoms with E-state index in [1.807, 2.05) is 25.1 Å². The van der Waals surface area contributed by atoms with E-state index in [1.54, 1.807) is 41.5 Å². The predicted molar refractivity (Wildman–Crippen MR) is 122 cm³/mol. The van der Waals surface area contributed by atoms with Gasteiger partial charge in [-0.2, -0.15) is 0 Å². The minimum absolute atomic E-state index is 0.213. The van der Waals surface area contributed by atoms with Crippen molar-refractivity contribution in [3.63, 3.8) is 0 Å². The lowest BCUT2D eigenvalue weighted by Gasteiger charge is -2.20. The van der Waals surface area contributed by atoms with Gasteiger partial charge in [-0.15, -0.1) is 0 Å². The second kappa shape index (κ2) is 8.39. The van der Waals surface area contributed by atoms with Crippen LogP contribution in [-0.2, 0) is 16.9 Å². The average molecular weight is 530 g/mol. The maximum Gasteiger partial charge on any atom is 0.329 e. The van der Waals surface area contributed by atoms with Crippen molar-refractivity contribution < 1.29 is 17.9 Å². The van der Waals surface area contributed by atoms with Gasteiger partial charge in [0.15, 0.2) is 11.5 Å². The van der Waals surface area contributed by atoms with Gasteiger partial charge < -0.3 is 9.47 Å². The molecule has 9 heteroatoms. The lowest BCUT2D eigenvalue weighted by atomic mass is 10.1. The molecule has 3 rings (SSSR count). The summed E-state index contributed by atoms with van der Waals surface area (Å²) in [6, 6.07) is 10.2. The summed E-state index contributed by atoms with van der Waals surface area (Å²) in [5.74, 6) is 0.845. The van der Waals surface area contributed by atoms with Crippen LogP contribution >= 0.6 is 22.6 Å². The van der Waals surface area contributed by atoms with Gasteiger partial charge in [0.2, 0.25) is 0 Å².